The molecule has 0 spiro atoms. The highest BCUT2D eigenvalue weighted by Crippen LogP contribution is 2.24. The van der Waals surface area contributed by atoms with Crippen LogP contribution in [-0.4, -0.2) is 40.9 Å². The standard InChI is InChI=1S/C16H25NO3S/c1-16(2,3)20-15(19)17-9-8-14(18)12(11-17)6-7-13-5-4-10-21-13/h4-5,10,12,14,18H,6-9,11H2,1-3H3. The third-order valence-corrected chi connectivity index (χ3v) is 4.62. The van der Waals surface area contributed by atoms with Crippen molar-refractivity contribution in [2.24, 2.45) is 5.92 Å². The van der Waals surface area contributed by atoms with Crippen molar-refractivity contribution in [2.75, 3.05) is 13.1 Å². The molecule has 2 heterocycles. The molecule has 1 aliphatic rings. The molecule has 0 radical (unpaired) electrons. The molecule has 0 aromatic carbocycles. The lowest BCUT2D eigenvalue weighted by Crippen LogP contribution is -2.47. The van der Waals surface area contributed by atoms with Gasteiger partial charge in [0.1, 0.15) is 5.60 Å². The predicted octanol–water partition coefficient (Wildman–Crippen LogP) is 3.30. The number of aliphatic hydroxyl groups is 1. The summed E-state index contributed by atoms with van der Waals surface area (Å²) in [5.41, 5.74) is -0.473. The molecule has 2 rings (SSSR count). The Bertz CT molecular complexity index is 453. The molecule has 1 saturated heterocycles. The van der Waals surface area contributed by atoms with Gasteiger partial charge in [-0.25, -0.2) is 4.79 Å². The molecular formula is C16H25NO3S. The van der Waals surface area contributed by atoms with Gasteiger partial charge < -0.3 is 14.7 Å². The molecule has 1 aliphatic heterocycles. The number of thiophene rings is 1. The minimum atomic E-state index is -0.473. The number of rotatable bonds is 3. The molecule has 4 nitrogen and oxygen atoms in total. The first kappa shape index (κ1) is 16.3. The van der Waals surface area contributed by atoms with E-state index in [-0.39, 0.29) is 18.1 Å². The summed E-state index contributed by atoms with van der Waals surface area (Å²) >= 11 is 1.74. The highest BCUT2D eigenvalue weighted by molar-refractivity contribution is 7.09. The summed E-state index contributed by atoms with van der Waals surface area (Å²) in [6.45, 7) is 6.78. The van der Waals surface area contributed by atoms with Crippen molar-refractivity contribution in [3.8, 4) is 0 Å². The first-order chi connectivity index (χ1) is 9.85. The maximum absolute atomic E-state index is 12.1. The number of nitrogens with zero attached hydrogens (tertiary/aromatic N) is 1. The normalized spacial score (nSPS) is 23.1. The largest absolute Gasteiger partial charge is 0.444 e. The molecule has 1 aromatic rings. The van der Waals surface area contributed by atoms with E-state index in [2.05, 4.69) is 11.4 Å². The lowest BCUT2D eigenvalue weighted by Gasteiger charge is -2.37. The van der Waals surface area contributed by atoms with Crippen molar-refractivity contribution in [3.63, 3.8) is 0 Å². The molecule has 21 heavy (non-hydrogen) atoms. The molecule has 2 unspecified atom stereocenters. The quantitative estimate of drug-likeness (QED) is 0.932. The third-order valence-electron chi connectivity index (χ3n) is 3.69. The SMILES string of the molecule is CC(C)(C)OC(=O)N1CCC(O)C(CCc2cccs2)C1. The Balaban J connectivity index is 1.88. The van der Waals surface area contributed by atoms with Gasteiger partial charge in [-0.1, -0.05) is 6.07 Å². The van der Waals surface area contributed by atoms with Crippen LogP contribution >= 0.6 is 11.3 Å². The van der Waals surface area contributed by atoms with E-state index < -0.39 is 5.60 Å². The van der Waals surface area contributed by atoms with Gasteiger partial charge in [0.25, 0.3) is 0 Å². The average molecular weight is 311 g/mol. The van der Waals surface area contributed by atoms with Gasteiger partial charge in [-0.15, -0.1) is 11.3 Å². The number of hydrogen-bond donors (Lipinski definition) is 1. The van der Waals surface area contributed by atoms with Crippen molar-refractivity contribution in [3.05, 3.63) is 22.4 Å². The maximum Gasteiger partial charge on any atom is 0.410 e. The summed E-state index contributed by atoms with van der Waals surface area (Å²) in [6, 6.07) is 4.16. The fraction of sp³-hybridized carbons (Fsp3) is 0.688. The van der Waals surface area contributed by atoms with Gasteiger partial charge in [0, 0.05) is 23.9 Å². The van der Waals surface area contributed by atoms with Crippen LogP contribution in [0.2, 0.25) is 0 Å². The van der Waals surface area contributed by atoms with Crippen molar-refractivity contribution in [1.82, 2.24) is 4.90 Å². The molecule has 5 heteroatoms. The molecule has 118 valence electrons. The molecule has 0 saturated carbocycles. The van der Waals surface area contributed by atoms with Gasteiger partial charge in [0.05, 0.1) is 6.10 Å². The third kappa shape index (κ3) is 5.00. The lowest BCUT2D eigenvalue weighted by molar-refractivity contribution is -0.00980. The number of piperidine rings is 1. The van der Waals surface area contributed by atoms with E-state index in [0.717, 1.165) is 12.8 Å². The second-order valence-corrected chi connectivity index (χ2v) is 7.69. The number of carbonyl (C=O) groups is 1. The Kier molecular flexibility index (Phi) is 5.27. The zero-order chi connectivity index (χ0) is 15.5. The second-order valence-electron chi connectivity index (χ2n) is 6.66. The molecule has 1 amide bonds. The summed E-state index contributed by atoms with van der Waals surface area (Å²) in [5, 5.41) is 12.2. The molecule has 0 bridgehead atoms. The Labute approximate surface area is 130 Å². The topological polar surface area (TPSA) is 49.8 Å². The minimum absolute atomic E-state index is 0.133. The van der Waals surface area contributed by atoms with Crippen LogP contribution in [0.1, 0.15) is 38.5 Å². The van der Waals surface area contributed by atoms with Crippen LogP contribution in [0.3, 0.4) is 0 Å². The summed E-state index contributed by atoms with van der Waals surface area (Å²) in [6.07, 6.45) is 1.91. The van der Waals surface area contributed by atoms with Crippen LogP contribution in [0, 0.1) is 5.92 Å². The smallest absolute Gasteiger partial charge is 0.410 e. The van der Waals surface area contributed by atoms with Gasteiger partial charge in [-0.05, 0) is 51.5 Å². The number of likely N-dealkylation sites (tertiary alicyclic amines) is 1. The van der Waals surface area contributed by atoms with Crippen LogP contribution in [-0.2, 0) is 11.2 Å². The summed E-state index contributed by atoms with van der Waals surface area (Å²) in [5.74, 6) is 0.133. The van der Waals surface area contributed by atoms with Gasteiger partial charge in [-0.2, -0.15) is 0 Å². The molecular weight excluding hydrogens is 286 g/mol. The van der Waals surface area contributed by atoms with E-state index in [1.54, 1.807) is 16.2 Å². The Morgan fingerprint density at radius 1 is 1.52 bits per heavy atom. The van der Waals surface area contributed by atoms with Crippen molar-refractivity contribution in [1.29, 1.82) is 0 Å². The van der Waals surface area contributed by atoms with Crippen LogP contribution in [0.5, 0.6) is 0 Å². The first-order valence-electron chi connectivity index (χ1n) is 7.53. The fourth-order valence-electron chi connectivity index (χ4n) is 2.58. The van der Waals surface area contributed by atoms with E-state index in [9.17, 15) is 9.90 Å². The van der Waals surface area contributed by atoms with E-state index in [1.807, 2.05) is 26.8 Å². The molecule has 1 aromatic heterocycles. The van der Waals surface area contributed by atoms with Crippen LogP contribution in [0.15, 0.2) is 17.5 Å². The Morgan fingerprint density at radius 2 is 2.29 bits per heavy atom. The van der Waals surface area contributed by atoms with E-state index in [4.69, 9.17) is 4.74 Å². The zero-order valence-electron chi connectivity index (χ0n) is 13.0. The second kappa shape index (κ2) is 6.79. The summed E-state index contributed by atoms with van der Waals surface area (Å²) < 4.78 is 5.42. The maximum atomic E-state index is 12.1. The van der Waals surface area contributed by atoms with E-state index >= 15 is 0 Å². The fourth-order valence-corrected chi connectivity index (χ4v) is 3.30. The van der Waals surface area contributed by atoms with Crippen LogP contribution in [0.25, 0.3) is 0 Å². The number of amides is 1. The zero-order valence-corrected chi connectivity index (χ0v) is 13.9. The van der Waals surface area contributed by atoms with Crippen LogP contribution < -0.4 is 0 Å². The van der Waals surface area contributed by atoms with Crippen molar-refractivity contribution >= 4 is 17.4 Å². The molecule has 0 aliphatic carbocycles. The van der Waals surface area contributed by atoms with Crippen LogP contribution in [0.4, 0.5) is 4.79 Å². The molecule has 1 N–H and O–H groups in total. The van der Waals surface area contributed by atoms with Crippen molar-refractivity contribution in [2.45, 2.75) is 51.7 Å². The molecule has 2 atom stereocenters. The number of carbonyl (C=O) groups excluding carboxylic acids is 1. The first-order valence-corrected chi connectivity index (χ1v) is 8.41. The van der Waals surface area contributed by atoms with E-state index in [1.165, 1.54) is 4.88 Å². The predicted molar refractivity (Wildman–Crippen MR) is 84.6 cm³/mol. The Hall–Kier alpha value is -1.07. The Morgan fingerprint density at radius 3 is 2.90 bits per heavy atom. The number of aliphatic hydroxyl groups excluding tert-OH is 1. The summed E-state index contributed by atoms with van der Waals surface area (Å²) in [4.78, 5) is 15.2. The highest BCUT2D eigenvalue weighted by Gasteiger charge is 2.32. The average Bonchev–Trinajstić information content (AvgIpc) is 2.88. The van der Waals surface area contributed by atoms with Crippen molar-refractivity contribution < 1.29 is 14.6 Å². The number of aryl methyl sites for hydroxylation is 1. The van der Waals surface area contributed by atoms with Gasteiger partial charge in [-0.3, -0.25) is 0 Å². The highest BCUT2D eigenvalue weighted by atomic mass is 32.1. The number of ether oxygens (including phenoxy) is 1. The lowest BCUT2D eigenvalue weighted by atomic mass is 9.90. The number of hydrogen-bond acceptors (Lipinski definition) is 4. The van der Waals surface area contributed by atoms with Gasteiger partial charge in [0.15, 0.2) is 0 Å². The van der Waals surface area contributed by atoms with Gasteiger partial charge >= 0.3 is 6.09 Å². The molecule has 1 fully saturated rings. The van der Waals surface area contributed by atoms with E-state index in [0.29, 0.717) is 19.5 Å². The summed E-state index contributed by atoms with van der Waals surface area (Å²) in [7, 11) is 0. The monoisotopic (exact) mass is 311 g/mol. The minimum Gasteiger partial charge on any atom is -0.444 e. The van der Waals surface area contributed by atoms with Gasteiger partial charge in [0.2, 0.25) is 0 Å².